The van der Waals surface area contributed by atoms with Gasteiger partial charge >= 0.3 is 0 Å². The second kappa shape index (κ2) is 9.55. The lowest BCUT2D eigenvalue weighted by atomic mass is 10.2. The van der Waals surface area contributed by atoms with Crippen LogP contribution in [0.4, 0.5) is 5.82 Å². The molecule has 1 saturated heterocycles. The summed E-state index contributed by atoms with van der Waals surface area (Å²) in [6.45, 7) is 3.28. The molecule has 3 rings (SSSR count). The van der Waals surface area contributed by atoms with Crippen LogP contribution in [0.3, 0.4) is 0 Å². The molecule has 27 heavy (non-hydrogen) atoms. The maximum absolute atomic E-state index is 12.1. The molecule has 7 nitrogen and oxygen atoms in total. The number of nitrogens with zero attached hydrogens (tertiary/aromatic N) is 3. The minimum Gasteiger partial charge on any atom is -0.484 e. The number of carbonyl (C=O) groups excluding carboxylic acids is 1. The molecule has 0 unspecified atom stereocenters. The largest absolute Gasteiger partial charge is 0.484 e. The molecule has 1 amide bonds. The summed E-state index contributed by atoms with van der Waals surface area (Å²) in [5.41, 5.74) is 1.88. The topological polar surface area (TPSA) is 87.5 Å². The Labute approximate surface area is 158 Å². The molecule has 0 aliphatic carbocycles. The number of pyridine rings is 1. The number of amides is 1. The summed E-state index contributed by atoms with van der Waals surface area (Å²) in [6.07, 6.45) is 2.12. The van der Waals surface area contributed by atoms with Gasteiger partial charge in [-0.25, -0.2) is 4.98 Å². The Balaban J connectivity index is 1.50. The van der Waals surface area contributed by atoms with Gasteiger partial charge in [0.1, 0.15) is 11.6 Å². The van der Waals surface area contributed by atoms with Gasteiger partial charge in [-0.2, -0.15) is 5.26 Å². The molecule has 1 aromatic carbocycles. The molecule has 0 atom stereocenters. The van der Waals surface area contributed by atoms with Gasteiger partial charge in [0.05, 0.1) is 25.7 Å². The zero-order chi connectivity index (χ0) is 18.9. The first-order valence-corrected chi connectivity index (χ1v) is 8.88. The third kappa shape index (κ3) is 5.43. The monoisotopic (exact) mass is 366 g/mol. The second-order valence-electron chi connectivity index (χ2n) is 6.13. The van der Waals surface area contributed by atoms with E-state index in [0.29, 0.717) is 31.9 Å². The molecule has 140 valence electrons. The fraction of sp³-hybridized carbons (Fsp3) is 0.350. The van der Waals surface area contributed by atoms with Gasteiger partial charge in [-0.05, 0) is 23.8 Å². The average molecular weight is 366 g/mol. The Morgan fingerprint density at radius 1 is 1.26 bits per heavy atom. The number of benzene rings is 1. The third-order valence-corrected chi connectivity index (χ3v) is 4.23. The third-order valence-electron chi connectivity index (χ3n) is 4.23. The summed E-state index contributed by atoms with van der Waals surface area (Å²) < 4.78 is 10.9. The summed E-state index contributed by atoms with van der Waals surface area (Å²) in [5.74, 6) is 1.28. The first-order valence-electron chi connectivity index (χ1n) is 8.88. The van der Waals surface area contributed by atoms with Gasteiger partial charge < -0.3 is 19.7 Å². The van der Waals surface area contributed by atoms with Crippen molar-refractivity contribution in [3.05, 3.63) is 53.7 Å². The van der Waals surface area contributed by atoms with Crippen LogP contribution in [-0.4, -0.2) is 43.8 Å². The Morgan fingerprint density at radius 2 is 2.04 bits per heavy atom. The van der Waals surface area contributed by atoms with Gasteiger partial charge in [0, 0.05) is 31.4 Å². The minimum absolute atomic E-state index is 0.0647. The van der Waals surface area contributed by atoms with Crippen LogP contribution in [0.2, 0.25) is 0 Å². The van der Waals surface area contributed by atoms with Crippen LogP contribution < -0.4 is 15.0 Å². The smallest absolute Gasteiger partial charge is 0.258 e. The molecule has 1 aliphatic heterocycles. The highest BCUT2D eigenvalue weighted by atomic mass is 16.5. The van der Waals surface area contributed by atoms with Gasteiger partial charge in [0.15, 0.2) is 6.61 Å². The number of nitrogens with one attached hydrogen (secondary N) is 1. The van der Waals surface area contributed by atoms with E-state index < -0.39 is 0 Å². The molecular formula is C20H22N4O3. The first-order chi connectivity index (χ1) is 13.3. The number of carbonyl (C=O) groups is 1. The molecule has 2 heterocycles. The number of nitriles is 1. The molecule has 1 aromatic heterocycles. The zero-order valence-corrected chi connectivity index (χ0v) is 15.1. The Hall–Kier alpha value is -3.11. The SMILES string of the molecule is N#CCc1ccc(OCC(=O)NCc2cccnc2N2CCOCC2)cc1. The molecule has 7 heteroatoms. The molecule has 1 N–H and O–H groups in total. The number of anilines is 1. The Kier molecular flexibility index (Phi) is 6.61. The van der Waals surface area contributed by atoms with Crippen molar-refractivity contribution in [3.63, 3.8) is 0 Å². The normalized spacial score (nSPS) is 13.7. The van der Waals surface area contributed by atoms with Crippen molar-refractivity contribution in [1.29, 1.82) is 5.26 Å². The van der Waals surface area contributed by atoms with Crippen molar-refractivity contribution in [2.24, 2.45) is 0 Å². The summed E-state index contributed by atoms with van der Waals surface area (Å²) in [4.78, 5) is 18.7. The summed E-state index contributed by atoms with van der Waals surface area (Å²) in [5, 5.41) is 11.5. The van der Waals surface area contributed by atoms with E-state index in [0.717, 1.165) is 30.0 Å². The average Bonchev–Trinajstić information content (AvgIpc) is 2.73. The number of ether oxygens (including phenoxy) is 2. The summed E-state index contributed by atoms with van der Waals surface area (Å²) >= 11 is 0. The summed E-state index contributed by atoms with van der Waals surface area (Å²) in [7, 11) is 0. The standard InChI is InChI=1S/C20H22N4O3/c21-8-7-16-3-5-18(6-4-16)27-15-19(25)23-14-17-2-1-9-22-20(17)24-10-12-26-13-11-24/h1-6,9H,7,10-15H2,(H,23,25). The van der Waals surface area contributed by atoms with Crippen molar-refractivity contribution >= 4 is 11.7 Å². The molecule has 0 spiro atoms. The van der Waals surface area contributed by atoms with E-state index in [1.54, 1.807) is 18.3 Å². The number of morpholine rings is 1. The fourth-order valence-electron chi connectivity index (χ4n) is 2.82. The molecule has 1 fully saturated rings. The molecule has 1 aliphatic rings. The van der Waals surface area contributed by atoms with E-state index >= 15 is 0 Å². The Bertz CT molecular complexity index is 796. The highest BCUT2D eigenvalue weighted by molar-refractivity contribution is 5.77. The van der Waals surface area contributed by atoms with Gasteiger partial charge in [0.2, 0.25) is 0 Å². The van der Waals surface area contributed by atoms with E-state index in [9.17, 15) is 4.79 Å². The lowest BCUT2D eigenvalue weighted by Gasteiger charge is -2.29. The number of hydrogen-bond acceptors (Lipinski definition) is 6. The van der Waals surface area contributed by atoms with Crippen LogP contribution in [0.5, 0.6) is 5.75 Å². The Morgan fingerprint density at radius 3 is 2.78 bits per heavy atom. The van der Waals surface area contributed by atoms with Crippen molar-refractivity contribution in [2.75, 3.05) is 37.8 Å². The van der Waals surface area contributed by atoms with Crippen LogP contribution in [0.15, 0.2) is 42.6 Å². The van der Waals surface area contributed by atoms with Gasteiger partial charge in [0.25, 0.3) is 5.91 Å². The van der Waals surface area contributed by atoms with E-state index in [1.165, 1.54) is 0 Å². The number of hydrogen-bond donors (Lipinski definition) is 1. The molecule has 0 saturated carbocycles. The highest BCUT2D eigenvalue weighted by Gasteiger charge is 2.16. The van der Waals surface area contributed by atoms with Gasteiger partial charge in [-0.15, -0.1) is 0 Å². The molecule has 0 radical (unpaired) electrons. The van der Waals surface area contributed by atoms with E-state index in [2.05, 4.69) is 21.3 Å². The van der Waals surface area contributed by atoms with Crippen LogP contribution >= 0.6 is 0 Å². The van der Waals surface area contributed by atoms with Crippen LogP contribution in [0.25, 0.3) is 0 Å². The van der Waals surface area contributed by atoms with Crippen LogP contribution in [0.1, 0.15) is 11.1 Å². The van der Waals surface area contributed by atoms with Crippen molar-refractivity contribution in [1.82, 2.24) is 10.3 Å². The van der Waals surface area contributed by atoms with Gasteiger partial charge in [-0.1, -0.05) is 18.2 Å². The first kappa shape index (κ1) is 18.7. The van der Waals surface area contributed by atoms with Crippen LogP contribution in [-0.2, 0) is 22.5 Å². The number of rotatable bonds is 7. The lowest BCUT2D eigenvalue weighted by Crippen LogP contribution is -2.38. The minimum atomic E-state index is -0.201. The quantitative estimate of drug-likeness (QED) is 0.802. The summed E-state index contributed by atoms with van der Waals surface area (Å²) in [6, 6.07) is 13.1. The highest BCUT2D eigenvalue weighted by Crippen LogP contribution is 2.18. The molecule has 2 aromatic rings. The van der Waals surface area contributed by atoms with Crippen molar-refractivity contribution in [3.8, 4) is 11.8 Å². The molecular weight excluding hydrogens is 344 g/mol. The van der Waals surface area contributed by atoms with Gasteiger partial charge in [-0.3, -0.25) is 4.79 Å². The second-order valence-corrected chi connectivity index (χ2v) is 6.13. The fourth-order valence-corrected chi connectivity index (χ4v) is 2.82. The van der Waals surface area contributed by atoms with E-state index in [4.69, 9.17) is 14.7 Å². The molecule has 0 bridgehead atoms. The lowest BCUT2D eigenvalue weighted by molar-refractivity contribution is -0.123. The maximum atomic E-state index is 12.1. The maximum Gasteiger partial charge on any atom is 0.258 e. The zero-order valence-electron chi connectivity index (χ0n) is 15.1. The van der Waals surface area contributed by atoms with E-state index in [1.807, 2.05) is 24.3 Å². The van der Waals surface area contributed by atoms with Crippen LogP contribution in [0, 0.1) is 11.3 Å². The van der Waals surface area contributed by atoms with E-state index in [-0.39, 0.29) is 12.5 Å². The van der Waals surface area contributed by atoms with Crippen molar-refractivity contribution in [2.45, 2.75) is 13.0 Å². The predicted octanol–water partition coefficient (Wildman–Crippen LogP) is 1.68. The predicted molar refractivity (Wildman–Crippen MR) is 100 cm³/mol. The number of aromatic nitrogens is 1. The van der Waals surface area contributed by atoms with Crippen molar-refractivity contribution < 1.29 is 14.3 Å².